The standard InChI is InChI=1S/C13H15N5O2/c19-12-6-9-2-1-3-10(9)17-18(12)5-4-15-13(20)11-7-14-8-16-11/h6-8H,1-5H2,(H,14,16)(H,15,20). The van der Waals surface area contributed by atoms with Crippen LogP contribution in [0.2, 0.25) is 0 Å². The van der Waals surface area contributed by atoms with E-state index in [-0.39, 0.29) is 11.5 Å². The van der Waals surface area contributed by atoms with Crippen molar-refractivity contribution in [1.29, 1.82) is 0 Å². The molecule has 3 rings (SSSR count). The minimum Gasteiger partial charge on any atom is -0.349 e. The van der Waals surface area contributed by atoms with Gasteiger partial charge in [0, 0.05) is 12.6 Å². The van der Waals surface area contributed by atoms with Gasteiger partial charge in [0.1, 0.15) is 5.69 Å². The first kappa shape index (κ1) is 12.6. The number of imidazole rings is 1. The van der Waals surface area contributed by atoms with Crippen LogP contribution in [0.3, 0.4) is 0 Å². The van der Waals surface area contributed by atoms with Crippen LogP contribution in [0.1, 0.15) is 28.2 Å². The number of H-pyrrole nitrogens is 1. The highest BCUT2D eigenvalue weighted by molar-refractivity contribution is 5.91. The van der Waals surface area contributed by atoms with Crippen LogP contribution in [0.15, 0.2) is 23.4 Å². The molecule has 1 amide bonds. The lowest BCUT2D eigenvalue weighted by Crippen LogP contribution is -2.32. The van der Waals surface area contributed by atoms with Gasteiger partial charge in [-0.25, -0.2) is 9.67 Å². The summed E-state index contributed by atoms with van der Waals surface area (Å²) < 4.78 is 1.41. The fourth-order valence-electron chi connectivity index (χ4n) is 2.35. The molecule has 0 fully saturated rings. The number of aromatic nitrogens is 4. The van der Waals surface area contributed by atoms with E-state index in [1.807, 2.05) is 0 Å². The van der Waals surface area contributed by atoms with E-state index in [4.69, 9.17) is 0 Å². The molecular formula is C13H15N5O2. The molecule has 0 aromatic carbocycles. The summed E-state index contributed by atoms with van der Waals surface area (Å²) in [6, 6.07) is 1.66. The number of aryl methyl sites for hydroxylation is 2. The Bertz CT molecular complexity index is 675. The van der Waals surface area contributed by atoms with Crippen molar-refractivity contribution < 1.29 is 4.79 Å². The van der Waals surface area contributed by atoms with Gasteiger partial charge in [-0.1, -0.05) is 0 Å². The fourth-order valence-corrected chi connectivity index (χ4v) is 2.35. The number of fused-ring (bicyclic) bond motifs is 1. The van der Waals surface area contributed by atoms with Gasteiger partial charge >= 0.3 is 0 Å². The SMILES string of the molecule is O=C(NCCn1nc2c(cc1=O)CCC2)c1cnc[nH]1. The molecule has 2 N–H and O–H groups in total. The summed E-state index contributed by atoms with van der Waals surface area (Å²) in [7, 11) is 0. The van der Waals surface area contributed by atoms with Crippen molar-refractivity contribution in [1.82, 2.24) is 25.1 Å². The number of rotatable bonds is 4. The van der Waals surface area contributed by atoms with Crippen molar-refractivity contribution in [3.05, 3.63) is 45.9 Å². The summed E-state index contributed by atoms with van der Waals surface area (Å²) in [4.78, 5) is 30.0. The average molecular weight is 273 g/mol. The molecule has 7 heteroatoms. The monoisotopic (exact) mass is 273 g/mol. The smallest absolute Gasteiger partial charge is 0.269 e. The molecule has 2 aromatic rings. The summed E-state index contributed by atoms with van der Waals surface area (Å²) in [6.07, 6.45) is 5.82. The molecule has 0 radical (unpaired) electrons. The summed E-state index contributed by atoms with van der Waals surface area (Å²) in [5.41, 5.74) is 2.36. The number of carbonyl (C=O) groups is 1. The molecule has 0 spiro atoms. The number of hydrogen-bond acceptors (Lipinski definition) is 4. The van der Waals surface area contributed by atoms with Crippen LogP contribution in [0.4, 0.5) is 0 Å². The molecule has 0 atom stereocenters. The Kier molecular flexibility index (Phi) is 3.32. The molecule has 1 aliphatic carbocycles. The van der Waals surface area contributed by atoms with Crippen LogP contribution in [0, 0.1) is 0 Å². The highest BCUT2D eigenvalue weighted by atomic mass is 16.2. The highest BCUT2D eigenvalue weighted by Gasteiger charge is 2.14. The minimum absolute atomic E-state index is 0.110. The second-order valence-electron chi connectivity index (χ2n) is 4.75. The third-order valence-electron chi connectivity index (χ3n) is 3.38. The first-order chi connectivity index (χ1) is 9.74. The van der Waals surface area contributed by atoms with Gasteiger partial charge in [-0.05, 0) is 24.8 Å². The number of nitrogens with one attached hydrogen (secondary N) is 2. The number of nitrogens with zero attached hydrogens (tertiary/aromatic N) is 3. The lowest BCUT2D eigenvalue weighted by molar-refractivity contribution is 0.0947. The van der Waals surface area contributed by atoms with Gasteiger partial charge < -0.3 is 10.3 Å². The average Bonchev–Trinajstić information content (AvgIpc) is 3.08. The van der Waals surface area contributed by atoms with Crippen molar-refractivity contribution >= 4 is 5.91 Å². The van der Waals surface area contributed by atoms with Crippen molar-refractivity contribution in [2.75, 3.05) is 6.54 Å². The first-order valence-electron chi connectivity index (χ1n) is 6.60. The molecule has 2 aromatic heterocycles. The molecule has 0 saturated heterocycles. The summed E-state index contributed by atoms with van der Waals surface area (Å²) in [6.45, 7) is 0.718. The van der Waals surface area contributed by atoms with Gasteiger partial charge in [-0.15, -0.1) is 0 Å². The zero-order valence-corrected chi connectivity index (χ0v) is 10.9. The molecule has 0 bridgehead atoms. The largest absolute Gasteiger partial charge is 0.349 e. The predicted molar refractivity (Wildman–Crippen MR) is 71.4 cm³/mol. The lowest BCUT2D eigenvalue weighted by atomic mass is 10.2. The van der Waals surface area contributed by atoms with Crippen LogP contribution in [-0.4, -0.2) is 32.2 Å². The van der Waals surface area contributed by atoms with Crippen LogP contribution in [0.25, 0.3) is 0 Å². The van der Waals surface area contributed by atoms with Crippen molar-refractivity contribution in [3.8, 4) is 0 Å². The zero-order valence-electron chi connectivity index (χ0n) is 10.9. The van der Waals surface area contributed by atoms with E-state index in [0.29, 0.717) is 18.8 Å². The third kappa shape index (κ3) is 2.47. The second-order valence-corrected chi connectivity index (χ2v) is 4.75. The summed E-state index contributed by atoms with van der Waals surface area (Å²) in [5.74, 6) is -0.239. The molecule has 0 saturated carbocycles. The van der Waals surface area contributed by atoms with Gasteiger partial charge in [0.2, 0.25) is 0 Å². The maximum Gasteiger partial charge on any atom is 0.269 e. The number of aromatic amines is 1. The van der Waals surface area contributed by atoms with Crippen LogP contribution in [-0.2, 0) is 19.4 Å². The maximum atomic E-state index is 11.9. The number of hydrogen-bond donors (Lipinski definition) is 2. The molecular weight excluding hydrogens is 258 g/mol. The minimum atomic E-state index is -0.239. The molecule has 1 aliphatic rings. The summed E-state index contributed by atoms with van der Waals surface area (Å²) in [5, 5.41) is 7.06. The maximum absolute atomic E-state index is 11.9. The van der Waals surface area contributed by atoms with Gasteiger partial charge in [0.15, 0.2) is 0 Å². The van der Waals surface area contributed by atoms with E-state index in [2.05, 4.69) is 20.4 Å². The quantitative estimate of drug-likeness (QED) is 0.812. The van der Waals surface area contributed by atoms with Gasteiger partial charge in [-0.2, -0.15) is 5.10 Å². The normalized spacial score (nSPS) is 13.2. The van der Waals surface area contributed by atoms with Gasteiger partial charge in [0.25, 0.3) is 11.5 Å². The van der Waals surface area contributed by atoms with Crippen LogP contribution >= 0.6 is 0 Å². The highest BCUT2D eigenvalue weighted by Crippen LogP contribution is 2.16. The van der Waals surface area contributed by atoms with Crippen molar-refractivity contribution in [2.24, 2.45) is 0 Å². The third-order valence-corrected chi connectivity index (χ3v) is 3.38. The van der Waals surface area contributed by atoms with Crippen LogP contribution in [0.5, 0.6) is 0 Å². The Morgan fingerprint density at radius 2 is 2.35 bits per heavy atom. The van der Waals surface area contributed by atoms with E-state index < -0.39 is 0 Å². The lowest BCUT2D eigenvalue weighted by Gasteiger charge is -2.07. The summed E-state index contributed by atoms with van der Waals surface area (Å²) >= 11 is 0. The predicted octanol–water partition coefficient (Wildman–Crippen LogP) is -0.115. The molecule has 7 nitrogen and oxygen atoms in total. The Morgan fingerprint density at radius 1 is 1.45 bits per heavy atom. The van der Waals surface area contributed by atoms with Gasteiger partial charge in [0.05, 0.1) is 24.8 Å². The molecule has 2 heterocycles. The number of amides is 1. The molecule has 20 heavy (non-hydrogen) atoms. The van der Waals surface area contributed by atoms with E-state index >= 15 is 0 Å². The Labute approximate surface area is 115 Å². The van der Waals surface area contributed by atoms with E-state index in [9.17, 15) is 9.59 Å². The van der Waals surface area contributed by atoms with E-state index in [1.165, 1.54) is 17.2 Å². The topological polar surface area (TPSA) is 92.7 Å². The first-order valence-corrected chi connectivity index (χ1v) is 6.60. The van der Waals surface area contributed by atoms with Crippen molar-refractivity contribution in [3.63, 3.8) is 0 Å². The fraction of sp³-hybridized carbons (Fsp3) is 0.385. The molecule has 0 unspecified atom stereocenters. The van der Waals surface area contributed by atoms with Crippen LogP contribution < -0.4 is 10.9 Å². The Hall–Kier alpha value is -2.44. The van der Waals surface area contributed by atoms with E-state index in [0.717, 1.165) is 30.5 Å². The van der Waals surface area contributed by atoms with E-state index in [1.54, 1.807) is 6.07 Å². The van der Waals surface area contributed by atoms with Crippen molar-refractivity contribution in [2.45, 2.75) is 25.8 Å². The molecule has 0 aliphatic heterocycles. The zero-order chi connectivity index (χ0) is 13.9. The van der Waals surface area contributed by atoms with Gasteiger partial charge in [-0.3, -0.25) is 9.59 Å². The number of carbonyl (C=O) groups excluding carboxylic acids is 1. The second kappa shape index (κ2) is 5.28. The molecule has 104 valence electrons. The Morgan fingerprint density at radius 3 is 3.15 bits per heavy atom. The Balaban J connectivity index is 1.62.